The normalized spacial score (nSPS) is 10.3. The first-order chi connectivity index (χ1) is 13.0. The van der Waals surface area contributed by atoms with Crippen LogP contribution in [0.1, 0.15) is 20.7 Å². The van der Waals surface area contributed by atoms with Crippen molar-refractivity contribution in [2.75, 3.05) is 25.3 Å². The molecule has 0 atom stereocenters. The molecule has 2 aromatic heterocycles. The molecule has 0 fully saturated rings. The molecule has 0 saturated heterocycles. The van der Waals surface area contributed by atoms with Crippen LogP contribution in [0.5, 0.6) is 0 Å². The summed E-state index contributed by atoms with van der Waals surface area (Å²) in [6.07, 6.45) is 6.17. The summed E-state index contributed by atoms with van der Waals surface area (Å²) in [4.78, 5) is 36.0. The lowest BCUT2D eigenvalue weighted by atomic mass is 10.1. The average molecular weight is 368 g/mol. The van der Waals surface area contributed by atoms with Gasteiger partial charge in [0, 0.05) is 18.1 Å². The first-order valence-electron chi connectivity index (χ1n) is 7.71. The number of rotatable bonds is 5. The van der Waals surface area contributed by atoms with Crippen molar-refractivity contribution in [3.8, 4) is 5.82 Å². The van der Waals surface area contributed by atoms with Gasteiger partial charge < -0.3 is 20.5 Å². The molecule has 0 bridgehead atoms. The van der Waals surface area contributed by atoms with Crippen molar-refractivity contribution < 1.29 is 19.1 Å². The molecule has 0 spiro atoms. The Hall–Kier alpha value is -3.95. The van der Waals surface area contributed by atoms with E-state index in [4.69, 9.17) is 15.2 Å². The number of hydrogen-bond acceptors (Lipinski definition) is 9. The second-order valence-electron chi connectivity index (χ2n) is 5.34. The molecule has 138 valence electrons. The maximum atomic E-state index is 11.9. The fourth-order valence-electron chi connectivity index (χ4n) is 2.38. The average Bonchev–Trinajstić information content (AvgIpc) is 3.22. The van der Waals surface area contributed by atoms with Crippen LogP contribution >= 0.6 is 0 Å². The predicted octanol–water partition coefficient (Wildman–Crippen LogP) is 1.56. The number of nitrogen functional groups attached to an aromatic ring is 1. The molecule has 10 nitrogen and oxygen atoms in total. The van der Waals surface area contributed by atoms with E-state index in [2.05, 4.69) is 20.3 Å². The van der Waals surface area contributed by atoms with Gasteiger partial charge in [0.25, 0.3) is 0 Å². The fourth-order valence-corrected chi connectivity index (χ4v) is 2.38. The summed E-state index contributed by atoms with van der Waals surface area (Å²) < 4.78 is 11.1. The highest BCUT2D eigenvalue weighted by Crippen LogP contribution is 2.26. The Morgan fingerprint density at radius 1 is 1.07 bits per heavy atom. The number of nitrogens with two attached hydrogens (primary N) is 1. The molecular weight excluding hydrogens is 352 g/mol. The van der Waals surface area contributed by atoms with E-state index in [9.17, 15) is 9.59 Å². The van der Waals surface area contributed by atoms with E-state index in [0.717, 1.165) is 0 Å². The summed E-state index contributed by atoms with van der Waals surface area (Å²) in [7, 11) is 2.50. The molecule has 1 aromatic carbocycles. The zero-order valence-electron chi connectivity index (χ0n) is 14.5. The summed E-state index contributed by atoms with van der Waals surface area (Å²) in [5.74, 6) is -0.467. The zero-order chi connectivity index (χ0) is 19.4. The zero-order valence-corrected chi connectivity index (χ0v) is 14.5. The van der Waals surface area contributed by atoms with Crippen molar-refractivity contribution in [2.24, 2.45) is 0 Å². The number of ether oxygens (including phenoxy) is 2. The third-order valence-electron chi connectivity index (χ3n) is 3.65. The molecule has 3 N–H and O–H groups in total. The Bertz CT molecular complexity index is 953. The molecule has 0 radical (unpaired) electrons. The van der Waals surface area contributed by atoms with E-state index in [1.807, 2.05) is 0 Å². The molecule has 0 unspecified atom stereocenters. The Balaban J connectivity index is 2.01. The SMILES string of the molecule is COC(=O)c1cc(Nc2ncnc(-n3ccnc3)c2N)cc(C(=O)OC)c1. The number of benzene rings is 1. The van der Waals surface area contributed by atoms with Crippen LogP contribution in [0.25, 0.3) is 5.82 Å². The van der Waals surface area contributed by atoms with Gasteiger partial charge in [-0.25, -0.2) is 24.5 Å². The largest absolute Gasteiger partial charge is 0.465 e. The number of esters is 2. The Kier molecular flexibility index (Phi) is 4.97. The number of imidazole rings is 1. The van der Waals surface area contributed by atoms with Crippen LogP contribution in [0, 0.1) is 0 Å². The molecular formula is C17H16N6O4. The first-order valence-corrected chi connectivity index (χ1v) is 7.71. The van der Waals surface area contributed by atoms with Crippen LogP contribution < -0.4 is 11.1 Å². The minimum atomic E-state index is -0.599. The van der Waals surface area contributed by atoms with Crippen LogP contribution in [-0.4, -0.2) is 45.7 Å². The summed E-state index contributed by atoms with van der Waals surface area (Å²) in [5.41, 5.74) is 7.16. The number of carbonyl (C=O) groups is 2. The maximum absolute atomic E-state index is 11.9. The maximum Gasteiger partial charge on any atom is 0.337 e. The number of carbonyl (C=O) groups excluding carboxylic acids is 2. The van der Waals surface area contributed by atoms with Gasteiger partial charge in [-0.15, -0.1) is 0 Å². The van der Waals surface area contributed by atoms with E-state index in [0.29, 0.717) is 17.3 Å². The van der Waals surface area contributed by atoms with Gasteiger partial charge in [0.2, 0.25) is 0 Å². The minimum Gasteiger partial charge on any atom is -0.465 e. The van der Waals surface area contributed by atoms with Gasteiger partial charge in [-0.2, -0.15) is 0 Å². The summed E-state index contributed by atoms with van der Waals surface area (Å²) in [6.45, 7) is 0. The van der Waals surface area contributed by atoms with Gasteiger partial charge in [0.1, 0.15) is 18.3 Å². The van der Waals surface area contributed by atoms with Crippen molar-refractivity contribution in [3.63, 3.8) is 0 Å². The van der Waals surface area contributed by atoms with E-state index >= 15 is 0 Å². The monoisotopic (exact) mass is 368 g/mol. The lowest BCUT2D eigenvalue weighted by Crippen LogP contribution is -2.09. The summed E-state index contributed by atoms with van der Waals surface area (Å²) in [5, 5.41) is 2.99. The summed E-state index contributed by atoms with van der Waals surface area (Å²) >= 11 is 0. The van der Waals surface area contributed by atoms with Gasteiger partial charge in [-0.05, 0) is 18.2 Å². The fraction of sp³-hybridized carbons (Fsp3) is 0.118. The minimum absolute atomic E-state index is 0.172. The van der Waals surface area contributed by atoms with E-state index in [1.165, 1.54) is 38.7 Å². The highest BCUT2D eigenvalue weighted by molar-refractivity contribution is 5.97. The number of nitrogens with zero attached hydrogens (tertiary/aromatic N) is 4. The van der Waals surface area contributed by atoms with Crippen LogP contribution in [-0.2, 0) is 9.47 Å². The topological polar surface area (TPSA) is 134 Å². The predicted molar refractivity (Wildman–Crippen MR) is 96.0 cm³/mol. The highest BCUT2D eigenvalue weighted by Gasteiger charge is 2.16. The van der Waals surface area contributed by atoms with Crippen LogP contribution in [0.15, 0.2) is 43.2 Å². The lowest BCUT2D eigenvalue weighted by molar-refractivity contribution is 0.0599. The molecule has 3 aromatic rings. The third-order valence-corrected chi connectivity index (χ3v) is 3.65. The number of aromatic nitrogens is 4. The van der Waals surface area contributed by atoms with Gasteiger partial charge in [0.15, 0.2) is 11.6 Å². The van der Waals surface area contributed by atoms with Crippen molar-refractivity contribution in [2.45, 2.75) is 0 Å². The van der Waals surface area contributed by atoms with E-state index in [-0.39, 0.29) is 16.8 Å². The third kappa shape index (κ3) is 3.68. The molecule has 0 aliphatic carbocycles. The molecule has 0 amide bonds. The molecule has 10 heteroatoms. The quantitative estimate of drug-likeness (QED) is 0.643. The van der Waals surface area contributed by atoms with Crippen molar-refractivity contribution in [1.82, 2.24) is 19.5 Å². The van der Waals surface area contributed by atoms with Crippen LogP contribution in [0.2, 0.25) is 0 Å². The van der Waals surface area contributed by atoms with E-state index < -0.39 is 11.9 Å². The smallest absolute Gasteiger partial charge is 0.337 e. The van der Waals surface area contributed by atoms with Gasteiger partial charge in [-0.3, -0.25) is 4.57 Å². The summed E-state index contributed by atoms with van der Waals surface area (Å²) in [6, 6.07) is 4.40. The molecule has 2 heterocycles. The van der Waals surface area contributed by atoms with E-state index in [1.54, 1.807) is 23.3 Å². The molecule has 27 heavy (non-hydrogen) atoms. The second kappa shape index (κ2) is 7.52. The number of hydrogen-bond donors (Lipinski definition) is 2. The Morgan fingerprint density at radius 3 is 2.30 bits per heavy atom. The van der Waals surface area contributed by atoms with Crippen molar-refractivity contribution >= 4 is 29.1 Å². The van der Waals surface area contributed by atoms with Gasteiger partial charge in [0.05, 0.1) is 25.3 Å². The standard InChI is InChI=1S/C17H16N6O4/c1-26-16(24)10-5-11(17(25)27-2)7-12(6-10)22-14-13(18)15(21-8-20-14)23-4-3-19-9-23/h3-9H,18H2,1-2H3,(H,20,21,22). The lowest BCUT2D eigenvalue weighted by Gasteiger charge is -2.13. The van der Waals surface area contributed by atoms with Crippen molar-refractivity contribution in [3.05, 3.63) is 54.4 Å². The van der Waals surface area contributed by atoms with Crippen molar-refractivity contribution in [1.29, 1.82) is 0 Å². The Morgan fingerprint density at radius 2 is 1.74 bits per heavy atom. The number of methoxy groups -OCH3 is 2. The Labute approximate surface area is 154 Å². The molecule has 3 rings (SSSR count). The van der Waals surface area contributed by atoms with Crippen LogP contribution in [0.4, 0.5) is 17.2 Å². The van der Waals surface area contributed by atoms with Gasteiger partial charge >= 0.3 is 11.9 Å². The number of nitrogens with one attached hydrogen (secondary N) is 1. The van der Waals surface area contributed by atoms with Gasteiger partial charge in [-0.1, -0.05) is 0 Å². The highest BCUT2D eigenvalue weighted by atomic mass is 16.5. The first kappa shape index (κ1) is 17.9. The van der Waals surface area contributed by atoms with Crippen LogP contribution in [0.3, 0.4) is 0 Å². The number of anilines is 3. The molecule has 0 aliphatic heterocycles. The molecule has 0 aliphatic rings. The second-order valence-corrected chi connectivity index (χ2v) is 5.34. The molecule has 0 saturated carbocycles.